The van der Waals surface area contributed by atoms with Crippen molar-refractivity contribution in [3.05, 3.63) is 93.1 Å². The first-order chi connectivity index (χ1) is 16.6. The molecular weight excluding hydrogens is 468 g/mol. The number of carbonyl (C=O) groups excluding carboxylic acids is 3. The maximum atomic E-state index is 12.9. The van der Waals surface area contributed by atoms with Gasteiger partial charge in [-0.1, -0.05) is 24.3 Å². The van der Waals surface area contributed by atoms with Gasteiger partial charge in [0.1, 0.15) is 0 Å². The van der Waals surface area contributed by atoms with E-state index < -0.39 is 0 Å². The highest BCUT2D eigenvalue weighted by molar-refractivity contribution is 7.14. The number of amides is 3. The topological polar surface area (TPSA) is 91.4 Å². The second-order valence-corrected chi connectivity index (χ2v) is 9.52. The van der Waals surface area contributed by atoms with Crippen molar-refractivity contribution in [3.63, 3.8) is 0 Å². The standard InChI is InChI=1S/C25H20N4O3S2/c30-22(14-19-15-34-25(27-19)28-23(31)21-6-3-13-33-21)26-18-9-7-17(8-10-18)24(32)29-12-11-16-4-1-2-5-20(16)29/h1-10,13,15H,11-12,14H2,(H,26,30)(H,27,28,31). The fraction of sp³-hybridized carbons (Fsp3) is 0.120. The Bertz CT molecular complexity index is 1350. The van der Waals surface area contributed by atoms with Gasteiger partial charge in [0.2, 0.25) is 5.91 Å². The third-order valence-electron chi connectivity index (χ3n) is 5.41. The van der Waals surface area contributed by atoms with Gasteiger partial charge in [0.05, 0.1) is 17.0 Å². The molecule has 0 saturated heterocycles. The number of benzene rings is 2. The molecule has 170 valence electrons. The number of fused-ring (bicyclic) bond motifs is 1. The summed E-state index contributed by atoms with van der Waals surface area (Å²) in [6.45, 7) is 0.667. The van der Waals surface area contributed by atoms with Crippen LogP contribution in [0.3, 0.4) is 0 Å². The Morgan fingerprint density at radius 2 is 1.76 bits per heavy atom. The Morgan fingerprint density at radius 1 is 0.941 bits per heavy atom. The number of rotatable bonds is 6. The Morgan fingerprint density at radius 3 is 2.56 bits per heavy atom. The van der Waals surface area contributed by atoms with Crippen LogP contribution in [0, 0.1) is 0 Å². The van der Waals surface area contributed by atoms with Crippen molar-refractivity contribution in [2.45, 2.75) is 12.8 Å². The van der Waals surface area contributed by atoms with Crippen LogP contribution in [0.25, 0.3) is 0 Å². The molecule has 2 N–H and O–H groups in total. The zero-order valence-electron chi connectivity index (χ0n) is 18.0. The number of anilines is 3. The van der Waals surface area contributed by atoms with Crippen LogP contribution in [0.2, 0.25) is 0 Å². The molecular formula is C25H20N4O3S2. The SMILES string of the molecule is O=C(Cc1csc(NC(=O)c2cccs2)n1)Nc1ccc(C(=O)N2CCc3ccccc32)cc1. The van der Waals surface area contributed by atoms with Gasteiger partial charge in [-0.25, -0.2) is 4.98 Å². The number of nitrogens with zero attached hydrogens (tertiary/aromatic N) is 2. The summed E-state index contributed by atoms with van der Waals surface area (Å²) in [7, 11) is 0. The molecule has 5 rings (SSSR count). The second-order valence-electron chi connectivity index (χ2n) is 7.71. The van der Waals surface area contributed by atoms with Gasteiger partial charge < -0.3 is 10.2 Å². The lowest BCUT2D eigenvalue weighted by atomic mass is 10.1. The Balaban J connectivity index is 1.16. The van der Waals surface area contributed by atoms with Crippen LogP contribution in [0.1, 0.15) is 31.3 Å². The van der Waals surface area contributed by atoms with Gasteiger partial charge in [-0.3, -0.25) is 19.7 Å². The molecule has 0 saturated carbocycles. The van der Waals surface area contributed by atoms with Crippen molar-refractivity contribution in [1.82, 2.24) is 4.98 Å². The summed E-state index contributed by atoms with van der Waals surface area (Å²) < 4.78 is 0. The van der Waals surface area contributed by atoms with E-state index in [0.717, 1.165) is 12.1 Å². The van der Waals surface area contributed by atoms with Gasteiger partial charge in [-0.2, -0.15) is 0 Å². The van der Waals surface area contributed by atoms with Gasteiger partial charge in [0, 0.05) is 28.9 Å². The fourth-order valence-electron chi connectivity index (χ4n) is 3.78. The Hall–Kier alpha value is -3.82. The molecule has 2 aromatic heterocycles. The molecule has 1 aliphatic heterocycles. The molecule has 0 unspecified atom stereocenters. The van der Waals surface area contributed by atoms with Crippen molar-refractivity contribution in [3.8, 4) is 0 Å². The minimum Gasteiger partial charge on any atom is -0.326 e. The van der Waals surface area contributed by atoms with E-state index in [1.807, 2.05) is 35.7 Å². The first-order valence-corrected chi connectivity index (χ1v) is 12.4. The van der Waals surface area contributed by atoms with E-state index in [-0.39, 0.29) is 24.1 Å². The lowest BCUT2D eigenvalue weighted by Crippen LogP contribution is -2.28. The van der Waals surface area contributed by atoms with E-state index >= 15 is 0 Å². The van der Waals surface area contributed by atoms with Crippen molar-refractivity contribution in [1.29, 1.82) is 0 Å². The molecule has 34 heavy (non-hydrogen) atoms. The number of para-hydroxylation sites is 1. The van der Waals surface area contributed by atoms with E-state index in [1.165, 1.54) is 28.2 Å². The van der Waals surface area contributed by atoms with Gasteiger partial charge in [-0.15, -0.1) is 22.7 Å². The first-order valence-electron chi connectivity index (χ1n) is 10.7. The predicted molar refractivity (Wildman–Crippen MR) is 135 cm³/mol. The van der Waals surface area contributed by atoms with Crippen molar-refractivity contribution < 1.29 is 14.4 Å². The molecule has 3 heterocycles. The zero-order chi connectivity index (χ0) is 23.5. The third-order valence-corrected chi connectivity index (χ3v) is 7.08. The average molecular weight is 489 g/mol. The zero-order valence-corrected chi connectivity index (χ0v) is 19.6. The maximum Gasteiger partial charge on any atom is 0.267 e. The number of aromatic nitrogens is 1. The molecule has 0 aliphatic carbocycles. The molecule has 7 nitrogen and oxygen atoms in total. The van der Waals surface area contributed by atoms with Crippen LogP contribution in [0.4, 0.5) is 16.5 Å². The first kappa shape index (κ1) is 22.0. The Kier molecular flexibility index (Phi) is 6.20. The minimum absolute atomic E-state index is 0.0533. The normalized spacial score (nSPS) is 12.3. The molecule has 3 amide bonds. The number of hydrogen-bond acceptors (Lipinski definition) is 6. The van der Waals surface area contributed by atoms with Gasteiger partial charge in [-0.05, 0) is 53.8 Å². The molecule has 0 bridgehead atoms. The summed E-state index contributed by atoms with van der Waals surface area (Å²) in [4.78, 5) is 44.2. The monoisotopic (exact) mass is 488 g/mol. The van der Waals surface area contributed by atoms with Crippen LogP contribution >= 0.6 is 22.7 Å². The molecule has 4 aromatic rings. The number of thiazole rings is 1. The van der Waals surface area contributed by atoms with Crippen molar-refractivity contribution >= 4 is 56.9 Å². The van der Waals surface area contributed by atoms with Crippen LogP contribution in [0.15, 0.2) is 71.4 Å². The van der Waals surface area contributed by atoms with E-state index in [0.29, 0.717) is 33.5 Å². The number of hydrogen-bond donors (Lipinski definition) is 2. The molecule has 0 atom stereocenters. The largest absolute Gasteiger partial charge is 0.326 e. The third kappa shape index (κ3) is 4.75. The molecule has 0 spiro atoms. The predicted octanol–water partition coefficient (Wildman–Crippen LogP) is 4.84. The molecule has 9 heteroatoms. The fourth-order valence-corrected chi connectivity index (χ4v) is 5.11. The smallest absolute Gasteiger partial charge is 0.267 e. The van der Waals surface area contributed by atoms with Gasteiger partial charge >= 0.3 is 0 Å². The Labute approximate surface area is 204 Å². The van der Waals surface area contributed by atoms with E-state index in [1.54, 1.807) is 40.6 Å². The summed E-state index contributed by atoms with van der Waals surface area (Å²) >= 11 is 2.63. The van der Waals surface area contributed by atoms with Crippen molar-refractivity contribution in [2.24, 2.45) is 0 Å². The van der Waals surface area contributed by atoms with Crippen LogP contribution in [-0.2, 0) is 17.6 Å². The van der Waals surface area contributed by atoms with Crippen molar-refractivity contribution in [2.75, 3.05) is 22.1 Å². The van der Waals surface area contributed by atoms with Crippen LogP contribution in [-0.4, -0.2) is 29.3 Å². The summed E-state index contributed by atoms with van der Waals surface area (Å²) in [5.74, 6) is -0.496. The molecule has 1 aliphatic rings. The average Bonchev–Trinajstić information content (AvgIpc) is 3.60. The van der Waals surface area contributed by atoms with E-state index in [2.05, 4.69) is 15.6 Å². The summed E-state index contributed by atoms with van der Waals surface area (Å²) in [5.41, 5.74) is 3.88. The highest BCUT2D eigenvalue weighted by Gasteiger charge is 2.25. The van der Waals surface area contributed by atoms with Crippen LogP contribution < -0.4 is 15.5 Å². The highest BCUT2D eigenvalue weighted by Crippen LogP contribution is 2.29. The lowest BCUT2D eigenvalue weighted by Gasteiger charge is -2.17. The maximum absolute atomic E-state index is 12.9. The van der Waals surface area contributed by atoms with E-state index in [9.17, 15) is 14.4 Å². The number of carbonyl (C=O) groups is 3. The highest BCUT2D eigenvalue weighted by atomic mass is 32.1. The number of nitrogens with one attached hydrogen (secondary N) is 2. The summed E-state index contributed by atoms with van der Waals surface area (Å²) in [5, 5.41) is 9.61. The van der Waals surface area contributed by atoms with E-state index in [4.69, 9.17) is 0 Å². The lowest BCUT2D eigenvalue weighted by molar-refractivity contribution is -0.115. The van der Waals surface area contributed by atoms with Gasteiger partial charge in [0.25, 0.3) is 11.8 Å². The molecule has 0 fully saturated rings. The van der Waals surface area contributed by atoms with Gasteiger partial charge in [0.15, 0.2) is 5.13 Å². The summed E-state index contributed by atoms with van der Waals surface area (Å²) in [6.07, 6.45) is 0.933. The van der Waals surface area contributed by atoms with Crippen LogP contribution in [0.5, 0.6) is 0 Å². The summed E-state index contributed by atoms with van der Waals surface area (Å²) in [6, 6.07) is 18.4. The molecule has 2 aromatic carbocycles. The second kappa shape index (κ2) is 9.58. The molecule has 0 radical (unpaired) electrons. The quantitative estimate of drug-likeness (QED) is 0.406. The number of thiophene rings is 1. The minimum atomic E-state index is -0.228.